The maximum atomic E-state index is 8.56. The fourth-order valence-corrected chi connectivity index (χ4v) is 1.80. The first kappa shape index (κ1) is 9.54. The first-order valence-electron chi connectivity index (χ1n) is 4.95. The first-order chi connectivity index (χ1) is 5.84. The predicted molar refractivity (Wildman–Crippen MR) is 49.7 cm³/mol. The lowest BCUT2D eigenvalue weighted by atomic mass is 10.2. The van der Waals surface area contributed by atoms with Gasteiger partial charge in [0.2, 0.25) is 0 Å². The third-order valence-corrected chi connectivity index (χ3v) is 2.65. The molecule has 0 aliphatic carbocycles. The molecule has 2 heteroatoms. The van der Waals surface area contributed by atoms with E-state index in [9.17, 15) is 0 Å². The van der Waals surface area contributed by atoms with Crippen molar-refractivity contribution < 1.29 is 0 Å². The molecule has 0 aromatic carbocycles. The van der Waals surface area contributed by atoms with E-state index < -0.39 is 0 Å². The van der Waals surface area contributed by atoms with E-state index in [1.165, 1.54) is 38.8 Å². The molecule has 0 saturated carbocycles. The van der Waals surface area contributed by atoms with E-state index in [1.54, 1.807) is 0 Å². The molecule has 1 aliphatic heterocycles. The second kappa shape index (κ2) is 5.16. The number of likely N-dealkylation sites (tertiary alicyclic amines) is 1. The van der Waals surface area contributed by atoms with Gasteiger partial charge in [0.25, 0.3) is 0 Å². The van der Waals surface area contributed by atoms with Crippen LogP contribution in [0.3, 0.4) is 0 Å². The van der Waals surface area contributed by atoms with Gasteiger partial charge in [-0.15, -0.1) is 0 Å². The molecule has 0 amide bonds. The average molecular weight is 166 g/mol. The summed E-state index contributed by atoms with van der Waals surface area (Å²) >= 11 is 0. The Balaban J connectivity index is 2.33. The zero-order valence-electron chi connectivity index (χ0n) is 7.92. The lowest BCUT2D eigenvalue weighted by molar-refractivity contribution is 0.219. The quantitative estimate of drug-likeness (QED) is 0.628. The summed E-state index contributed by atoms with van der Waals surface area (Å²) in [5.41, 5.74) is 0. The third-order valence-electron chi connectivity index (χ3n) is 2.65. The highest BCUT2D eigenvalue weighted by molar-refractivity contribution is 4.80. The summed E-state index contributed by atoms with van der Waals surface area (Å²) in [4.78, 5) is 2.45. The van der Waals surface area contributed by atoms with Crippen LogP contribution >= 0.6 is 0 Å². The first-order valence-corrected chi connectivity index (χ1v) is 4.95. The second-order valence-corrected chi connectivity index (χ2v) is 3.66. The SMILES string of the molecule is CC(CC#N)N1CCCCCC1. The number of nitrogens with zero attached hydrogens (tertiary/aromatic N) is 2. The Morgan fingerprint density at radius 1 is 1.25 bits per heavy atom. The van der Waals surface area contributed by atoms with Crippen LogP contribution in [-0.2, 0) is 0 Å². The van der Waals surface area contributed by atoms with Gasteiger partial charge < -0.3 is 0 Å². The van der Waals surface area contributed by atoms with Gasteiger partial charge in [-0.05, 0) is 32.9 Å². The van der Waals surface area contributed by atoms with Crippen molar-refractivity contribution in [2.24, 2.45) is 0 Å². The Kier molecular flexibility index (Phi) is 4.10. The zero-order valence-corrected chi connectivity index (χ0v) is 7.92. The third kappa shape index (κ3) is 2.83. The van der Waals surface area contributed by atoms with E-state index in [0.717, 1.165) is 0 Å². The molecule has 0 bridgehead atoms. The van der Waals surface area contributed by atoms with Gasteiger partial charge in [-0.1, -0.05) is 12.8 Å². The Hall–Kier alpha value is -0.550. The van der Waals surface area contributed by atoms with Crippen LogP contribution < -0.4 is 0 Å². The van der Waals surface area contributed by atoms with Crippen LogP contribution in [-0.4, -0.2) is 24.0 Å². The summed E-state index contributed by atoms with van der Waals surface area (Å²) in [6.07, 6.45) is 6.05. The standard InChI is InChI=1S/C10H18N2/c1-10(6-7-11)12-8-4-2-3-5-9-12/h10H,2-6,8-9H2,1H3. The van der Waals surface area contributed by atoms with Gasteiger partial charge in [-0.3, -0.25) is 4.90 Å². The summed E-state index contributed by atoms with van der Waals surface area (Å²) in [6.45, 7) is 4.56. The topological polar surface area (TPSA) is 27.0 Å². The van der Waals surface area contributed by atoms with Gasteiger partial charge in [0.1, 0.15) is 0 Å². The highest BCUT2D eigenvalue weighted by atomic mass is 15.1. The minimum absolute atomic E-state index is 0.466. The molecule has 12 heavy (non-hydrogen) atoms. The summed E-state index contributed by atoms with van der Waals surface area (Å²) in [7, 11) is 0. The van der Waals surface area contributed by atoms with Crippen molar-refractivity contribution in [2.45, 2.75) is 45.1 Å². The van der Waals surface area contributed by atoms with E-state index >= 15 is 0 Å². The highest BCUT2D eigenvalue weighted by Crippen LogP contribution is 2.13. The predicted octanol–water partition coefficient (Wildman–Crippen LogP) is 2.16. The molecule has 0 N–H and O–H groups in total. The van der Waals surface area contributed by atoms with E-state index in [0.29, 0.717) is 12.5 Å². The molecular weight excluding hydrogens is 148 g/mol. The molecule has 0 spiro atoms. The van der Waals surface area contributed by atoms with Crippen molar-refractivity contribution in [3.05, 3.63) is 0 Å². The molecule has 1 fully saturated rings. The Morgan fingerprint density at radius 3 is 2.33 bits per heavy atom. The molecule has 0 radical (unpaired) electrons. The maximum absolute atomic E-state index is 8.56. The smallest absolute Gasteiger partial charge is 0.0638 e. The molecule has 2 nitrogen and oxygen atoms in total. The highest BCUT2D eigenvalue weighted by Gasteiger charge is 2.14. The number of hydrogen-bond acceptors (Lipinski definition) is 2. The molecular formula is C10H18N2. The molecule has 1 heterocycles. The van der Waals surface area contributed by atoms with Gasteiger partial charge in [0, 0.05) is 6.04 Å². The molecule has 0 aromatic rings. The molecule has 1 aliphatic rings. The molecule has 1 atom stereocenters. The van der Waals surface area contributed by atoms with E-state index in [4.69, 9.17) is 5.26 Å². The zero-order chi connectivity index (χ0) is 8.81. The molecule has 1 rings (SSSR count). The summed E-state index contributed by atoms with van der Waals surface area (Å²) in [5, 5.41) is 8.56. The summed E-state index contributed by atoms with van der Waals surface area (Å²) in [6, 6.07) is 2.71. The van der Waals surface area contributed by atoms with Crippen LogP contribution in [0.4, 0.5) is 0 Å². The van der Waals surface area contributed by atoms with Crippen LogP contribution in [0.15, 0.2) is 0 Å². The minimum Gasteiger partial charge on any atom is -0.300 e. The maximum Gasteiger partial charge on any atom is 0.0638 e. The number of nitriles is 1. The van der Waals surface area contributed by atoms with E-state index in [1.807, 2.05) is 0 Å². The number of hydrogen-bond donors (Lipinski definition) is 0. The largest absolute Gasteiger partial charge is 0.300 e. The molecule has 1 unspecified atom stereocenters. The normalized spacial score (nSPS) is 22.7. The average Bonchev–Trinajstić information content (AvgIpc) is 2.32. The Labute approximate surface area is 75.2 Å². The van der Waals surface area contributed by atoms with Crippen molar-refractivity contribution in [3.8, 4) is 6.07 Å². The number of rotatable bonds is 2. The van der Waals surface area contributed by atoms with Crippen LogP contribution in [0.2, 0.25) is 0 Å². The van der Waals surface area contributed by atoms with E-state index in [2.05, 4.69) is 17.9 Å². The van der Waals surface area contributed by atoms with E-state index in [-0.39, 0.29) is 0 Å². The van der Waals surface area contributed by atoms with Gasteiger partial charge in [0.15, 0.2) is 0 Å². The van der Waals surface area contributed by atoms with Crippen LogP contribution in [0.25, 0.3) is 0 Å². The monoisotopic (exact) mass is 166 g/mol. The van der Waals surface area contributed by atoms with Crippen LogP contribution in [0.1, 0.15) is 39.0 Å². The fraction of sp³-hybridized carbons (Fsp3) is 0.900. The van der Waals surface area contributed by atoms with Crippen molar-refractivity contribution in [1.29, 1.82) is 5.26 Å². The van der Waals surface area contributed by atoms with Gasteiger partial charge in [-0.25, -0.2) is 0 Å². The summed E-state index contributed by atoms with van der Waals surface area (Å²) in [5.74, 6) is 0. The van der Waals surface area contributed by atoms with Crippen molar-refractivity contribution in [1.82, 2.24) is 4.90 Å². The lowest BCUT2D eigenvalue weighted by Gasteiger charge is -2.25. The Morgan fingerprint density at radius 2 is 1.83 bits per heavy atom. The van der Waals surface area contributed by atoms with Gasteiger partial charge in [-0.2, -0.15) is 5.26 Å². The second-order valence-electron chi connectivity index (χ2n) is 3.66. The van der Waals surface area contributed by atoms with Crippen LogP contribution in [0.5, 0.6) is 0 Å². The van der Waals surface area contributed by atoms with Crippen molar-refractivity contribution in [2.75, 3.05) is 13.1 Å². The minimum atomic E-state index is 0.466. The van der Waals surface area contributed by atoms with Crippen molar-refractivity contribution in [3.63, 3.8) is 0 Å². The van der Waals surface area contributed by atoms with Crippen molar-refractivity contribution >= 4 is 0 Å². The molecule has 68 valence electrons. The van der Waals surface area contributed by atoms with Gasteiger partial charge >= 0.3 is 0 Å². The van der Waals surface area contributed by atoms with Crippen LogP contribution in [0, 0.1) is 11.3 Å². The van der Waals surface area contributed by atoms with Gasteiger partial charge in [0.05, 0.1) is 12.5 Å². The molecule has 1 saturated heterocycles. The fourth-order valence-electron chi connectivity index (χ4n) is 1.80. The lowest BCUT2D eigenvalue weighted by Crippen LogP contribution is -2.33. The Bertz CT molecular complexity index is 152. The molecule has 0 aromatic heterocycles. The summed E-state index contributed by atoms with van der Waals surface area (Å²) < 4.78 is 0.